The maximum Gasteiger partial charge on any atom is 0.416 e. The molecule has 0 spiro atoms. The summed E-state index contributed by atoms with van der Waals surface area (Å²) in [6.45, 7) is 3.00. The number of furan rings is 1. The summed E-state index contributed by atoms with van der Waals surface area (Å²) >= 11 is 0. The fourth-order valence-corrected chi connectivity index (χ4v) is 3.52. The number of aldehydes is 1. The molecule has 8 heteroatoms. The van der Waals surface area contributed by atoms with Gasteiger partial charge in [0.2, 0.25) is 0 Å². The van der Waals surface area contributed by atoms with Crippen molar-refractivity contribution in [1.29, 1.82) is 0 Å². The van der Waals surface area contributed by atoms with E-state index in [4.69, 9.17) is 13.9 Å². The minimum absolute atomic E-state index is 0.0295. The van der Waals surface area contributed by atoms with Crippen LogP contribution in [0.15, 0.2) is 69.9 Å². The van der Waals surface area contributed by atoms with E-state index in [2.05, 4.69) is 0 Å². The van der Waals surface area contributed by atoms with Gasteiger partial charge in [-0.3, -0.25) is 4.79 Å². The van der Waals surface area contributed by atoms with Gasteiger partial charge in [0.15, 0.2) is 23.9 Å². The van der Waals surface area contributed by atoms with Gasteiger partial charge in [-0.2, -0.15) is 13.2 Å². The highest BCUT2D eigenvalue weighted by molar-refractivity contribution is 5.84. The standard InChI is InChI=1S/C24H19F3O5/c1-13-21(11-28)32-23(14(2)22(13)29)20-10-16-9-17(7-8-19(16)31-20)30-12-15-5-3-4-6-18(15)24(25,26)27/h3-11,21,29H,12H2,1-2H3. The fourth-order valence-electron chi connectivity index (χ4n) is 3.52. The molecule has 1 aliphatic heterocycles. The van der Waals surface area contributed by atoms with Crippen molar-refractivity contribution in [2.45, 2.75) is 32.7 Å². The zero-order valence-electron chi connectivity index (χ0n) is 17.2. The molecule has 32 heavy (non-hydrogen) atoms. The molecule has 1 atom stereocenters. The summed E-state index contributed by atoms with van der Waals surface area (Å²) in [4.78, 5) is 11.3. The minimum atomic E-state index is -4.47. The van der Waals surface area contributed by atoms with Gasteiger partial charge in [0.05, 0.1) is 5.56 Å². The number of hydrogen-bond donors (Lipinski definition) is 1. The molecule has 0 amide bonds. The summed E-state index contributed by atoms with van der Waals surface area (Å²) < 4.78 is 56.6. The molecule has 1 N–H and O–H groups in total. The molecule has 5 nitrogen and oxygen atoms in total. The topological polar surface area (TPSA) is 68.9 Å². The second-order valence-corrected chi connectivity index (χ2v) is 7.41. The molecule has 4 rings (SSSR count). The Bertz CT molecular complexity index is 1250. The van der Waals surface area contributed by atoms with Crippen LogP contribution < -0.4 is 4.74 Å². The average Bonchev–Trinajstić information content (AvgIpc) is 3.19. The van der Waals surface area contributed by atoms with Crippen LogP contribution in [0.5, 0.6) is 5.75 Å². The zero-order valence-corrected chi connectivity index (χ0v) is 17.2. The molecule has 0 aliphatic carbocycles. The van der Waals surface area contributed by atoms with E-state index < -0.39 is 17.8 Å². The van der Waals surface area contributed by atoms with E-state index in [1.165, 1.54) is 18.2 Å². The lowest BCUT2D eigenvalue weighted by atomic mass is 10.0. The number of ether oxygens (including phenoxy) is 2. The van der Waals surface area contributed by atoms with Crippen LogP contribution in [0, 0.1) is 0 Å². The first-order valence-corrected chi connectivity index (χ1v) is 9.74. The number of carbonyl (C=O) groups excluding carboxylic acids is 1. The predicted molar refractivity (Wildman–Crippen MR) is 111 cm³/mol. The van der Waals surface area contributed by atoms with Crippen LogP contribution in [0.4, 0.5) is 13.2 Å². The maximum atomic E-state index is 13.2. The third-order valence-electron chi connectivity index (χ3n) is 5.29. The van der Waals surface area contributed by atoms with Crippen molar-refractivity contribution < 1.29 is 37.0 Å². The number of halogens is 3. The minimum Gasteiger partial charge on any atom is -0.507 e. The Morgan fingerprint density at radius 1 is 1.12 bits per heavy atom. The van der Waals surface area contributed by atoms with Gasteiger partial charge < -0.3 is 19.0 Å². The monoisotopic (exact) mass is 444 g/mol. The highest BCUT2D eigenvalue weighted by Crippen LogP contribution is 2.37. The molecule has 166 valence electrons. The SMILES string of the molecule is CC1=C(c2cc3cc(OCc4ccccc4C(F)(F)F)ccc3o2)OC(C=O)C(C)=C1O. The van der Waals surface area contributed by atoms with E-state index in [0.717, 1.165) is 6.07 Å². The molecule has 0 fully saturated rings. The molecule has 2 aromatic carbocycles. The van der Waals surface area contributed by atoms with Gasteiger partial charge in [-0.15, -0.1) is 0 Å². The lowest BCUT2D eigenvalue weighted by molar-refractivity contribution is -0.138. The van der Waals surface area contributed by atoms with E-state index in [1.54, 1.807) is 38.1 Å². The Balaban J connectivity index is 1.61. The molecule has 0 radical (unpaired) electrons. The summed E-state index contributed by atoms with van der Waals surface area (Å²) in [5.74, 6) is 0.878. The molecule has 1 unspecified atom stereocenters. The van der Waals surface area contributed by atoms with Gasteiger partial charge in [-0.25, -0.2) is 0 Å². The van der Waals surface area contributed by atoms with E-state index in [1.807, 2.05) is 0 Å². The summed E-state index contributed by atoms with van der Waals surface area (Å²) in [7, 11) is 0. The number of allylic oxidation sites excluding steroid dienone is 1. The van der Waals surface area contributed by atoms with Gasteiger partial charge in [0.1, 0.15) is 23.7 Å². The normalized spacial score (nSPS) is 17.0. The van der Waals surface area contributed by atoms with Gasteiger partial charge >= 0.3 is 6.18 Å². The molecule has 2 heterocycles. The summed E-state index contributed by atoms with van der Waals surface area (Å²) in [6.07, 6.45) is -4.80. The lowest BCUT2D eigenvalue weighted by Gasteiger charge is -2.24. The summed E-state index contributed by atoms with van der Waals surface area (Å²) in [6, 6.07) is 11.7. The molecular weight excluding hydrogens is 425 g/mol. The average molecular weight is 444 g/mol. The van der Waals surface area contributed by atoms with E-state index >= 15 is 0 Å². The molecule has 0 saturated heterocycles. The van der Waals surface area contributed by atoms with Gasteiger partial charge in [0.25, 0.3) is 0 Å². The van der Waals surface area contributed by atoms with Gasteiger partial charge in [-0.1, -0.05) is 18.2 Å². The summed E-state index contributed by atoms with van der Waals surface area (Å²) in [5.41, 5.74) is 0.616. The van der Waals surface area contributed by atoms with Crippen molar-refractivity contribution in [1.82, 2.24) is 0 Å². The summed E-state index contributed by atoms with van der Waals surface area (Å²) in [5, 5.41) is 10.9. The highest BCUT2D eigenvalue weighted by Gasteiger charge is 2.33. The number of hydrogen-bond acceptors (Lipinski definition) is 5. The van der Waals surface area contributed by atoms with Crippen molar-refractivity contribution in [3.63, 3.8) is 0 Å². The van der Waals surface area contributed by atoms with E-state index in [-0.39, 0.29) is 23.7 Å². The largest absolute Gasteiger partial charge is 0.507 e. The van der Waals surface area contributed by atoms with Crippen LogP contribution in [-0.2, 0) is 22.3 Å². The number of benzene rings is 2. The number of aliphatic hydroxyl groups excluding tert-OH is 1. The molecule has 1 aliphatic rings. The molecule has 0 saturated carbocycles. The van der Waals surface area contributed by atoms with Crippen molar-refractivity contribution in [2.24, 2.45) is 0 Å². The molecular formula is C24H19F3O5. The predicted octanol–water partition coefficient (Wildman–Crippen LogP) is 6.19. The second kappa shape index (κ2) is 8.11. The lowest BCUT2D eigenvalue weighted by Crippen LogP contribution is -2.22. The van der Waals surface area contributed by atoms with Crippen LogP contribution in [0.25, 0.3) is 16.7 Å². The quantitative estimate of drug-likeness (QED) is 0.475. The molecule has 0 bridgehead atoms. The van der Waals surface area contributed by atoms with Crippen LogP contribution >= 0.6 is 0 Å². The Kier molecular flexibility index (Phi) is 5.46. The Hall–Kier alpha value is -3.68. The van der Waals surface area contributed by atoms with Crippen LogP contribution in [0.3, 0.4) is 0 Å². The number of carbonyl (C=O) groups is 1. The smallest absolute Gasteiger partial charge is 0.416 e. The third-order valence-corrected chi connectivity index (χ3v) is 5.29. The Morgan fingerprint density at radius 2 is 1.88 bits per heavy atom. The van der Waals surface area contributed by atoms with Crippen LogP contribution in [0.1, 0.15) is 30.7 Å². The Morgan fingerprint density at radius 3 is 2.59 bits per heavy atom. The van der Waals surface area contributed by atoms with E-state index in [0.29, 0.717) is 39.9 Å². The van der Waals surface area contributed by atoms with E-state index in [9.17, 15) is 23.1 Å². The van der Waals surface area contributed by atoms with Gasteiger partial charge in [-0.05, 0) is 44.2 Å². The van der Waals surface area contributed by atoms with Crippen LogP contribution in [-0.4, -0.2) is 17.5 Å². The van der Waals surface area contributed by atoms with Crippen molar-refractivity contribution in [3.05, 3.63) is 82.3 Å². The second-order valence-electron chi connectivity index (χ2n) is 7.41. The molecule has 3 aromatic rings. The Labute approximate surface area is 181 Å². The van der Waals surface area contributed by atoms with Crippen molar-refractivity contribution in [3.8, 4) is 5.75 Å². The highest BCUT2D eigenvalue weighted by atomic mass is 19.4. The maximum absolute atomic E-state index is 13.2. The number of aliphatic hydroxyl groups is 1. The first-order valence-electron chi connectivity index (χ1n) is 9.74. The van der Waals surface area contributed by atoms with Crippen molar-refractivity contribution in [2.75, 3.05) is 0 Å². The molecule has 1 aromatic heterocycles. The van der Waals surface area contributed by atoms with Gasteiger partial charge in [0, 0.05) is 22.1 Å². The number of rotatable bonds is 5. The number of alkyl halides is 3. The first-order chi connectivity index (χ1) is 15.2. The fraction of sp³-hybridized carbons (Fsp3) is 0.208. The number of fused-ring (bicyclic) bond motifs is 1. The zero-order chi connectivity index (χ0) is 23.0. The third kappa shape index (κ3) is 3.95. The van der Waals surface area contributed by atoms with Crippen molar-refractivity contribution >= 4 is 23.0 Å². The first kappa shape index (κ1) is 21.5. The van der Waals surface area contributed by atoms with Crippen LogP contribution in [0.2, 0.25) is 0 Å².